The highest BCUT2D eigenvalue weighted by Crippen LogP contribution is 2.22. The van der Waals surface area contributed by atoms with Crippen LogP contribution in [0.25, 0.3) is 0 Å². The molecule has 2 nitrogen and oxygen atoms in total. The summed E-state index contributed by atoms with van der Waals surface area (Å²) in [4.78, 5) is 0. The SMILES string of the molecule is CNC(=S)Nc1cc(Cl)cc(Br)c1. The minimum Gasteiger partial charge on any atom is -0.366 e. The summed E-state index contributed by atoms with van der Waals surface area (Å²) in [7, 11) is 1.76. The lowest BCUT2D eigenvalue weighted by Crippen LogP contribution is -2.24. The quantitative estimate of drug-likeness (QED) is 0.773. The second-order valence-electron chi connectivity index (χ2n) is 2.36. The molecule has 70 valence electrons. The monoisotopic (exact) mass is 278 g/mol. The molecular formula is C8H8BrClN2S. The zero-order chi connectivity index (χ0) is 9.84. The number of rotatable bonds is 1. The van der Waals surface area contributed by atoms with Gasteiger partial charge in [-0.05, 0) is 30.4 Å². The number of anilines is 1. The highest BCUT2D eigenvalue weighted by atomic mass is 79.9. The van der Waals surface area contributed by atoms with Crippen LogP contribution in [0, 0.1) is 0 Å². The van der Waals surface area contributed by atoms with Gasteiger partial charge >= 0.3 is 0 Å². The van der Waals surface area contributed by atoms with Crippen molar-refractivity contribution in [3.05, 3.63) is 27.7 Å². The lowest BCUT2D eigenvalue weighted by atomic mass is 10.3. The summed E-state index contributed by atoms with van der Waals surface area (Å²) < 4.78 is 0.918. The van der Waals surface area contributed by atoms with Crippen LogP contribution >= 0.6 is 39.7 Å². The van der Waals surface area contributed by atoms with Gasteiger partial charge in [0, 0.05) is 22.2 Å². The first-order chi connectivity index (χ1) is 6.11. The highest BCUT2D eigenvalue weighted by molar-refractivity contribution is 9.10. The van der Waals surface area contributed by atoms with Gasteiger partial charge in [0.25, 0.3) is 0 Å². The van der Waals surface area contributed by atoms with Gasteiger partial charge < -0.3 is 10.6 Å². The standard InChI is InChI=1S/C8H8BrClN2S/c1-11-8(13)12-7-3-5(9)2-6(10)4-7/h2-4H,1H3,(H2,11,12,13). The molecule has 13 heavy (non-hydrogen) atoms. The number of hydrogen-bond donors (Lipinski definition) is 2. The zero-order valence-electron chi connectivity index (χ0n) is 6.90. The van der Waals surface area contributed by atoms with E-state index in [2.05, 4.69) is 26.6 Å². The smallest absolute Gasteiger partial charge is 0.170 e. The van der Waals surface area contributed by atoms with Crippen LogP contribution in [-0.2, 0) is 0 Å². The Morgan fingerprint density at radius 2 is 2.15 bits per heavy atom. The van der Waals surface area contributed by atoms with Crippen LogP contribution in [-0.4, -0.2) is 12.2 Å². The van der Waals surface area contributed by atoms with Gasteiger partial charge in [-0.25, -0.2) is 0 Å². The Morgan fingerprint density at radius 1 is 1.46 bits per heavy atom. The molecule has 0 aliphatic carbocycles. The van der Waals surface area contributed by atoms with Crippen LogP contribution in [0.4, 0.5) is 5.69 Å². The van der Waals surface area contributed by atoms with E-state index < -0.39 is 0 Å². The van der Waals surface area contributed by atoms with Gasteiger partial charge in [-0.15, -0.1) is 0 Å². The fraction of sp³-hybridized carbons (Fsp3) is 0.125. The first-order valence-corrected chi connectivity index (χ1v) is 5.14. The number of benzene rings is 1. The molecule has 0 bridgehead atoms. The summed E-state index contributed by atoms with van der Waals surface area (Å²) in [6.07, 6.45) is 0. The number of thiocarbonyl (C=S) groups is 1. The topological polar surface area (TPSA) is 24.1 Å². The van der Waals surface area contributed by atoms with E-state index in [0.717, 1.165) is 10.2 Å². The molecule has 0 heterocycles. The summed E-state index contributed by atoms with van der Waals surface area (Å²) in [5, 5.41) is 7.02. The average Bonchev–Trinajstić information content (AvgIpc) is 2.02. The molecule has 0 fully saturated rings. The summed E-state index contributed by atoms with van der Waals surface area (Å²) in [5.41, 5.74) is 0.860. The van der Waals surface area contributed by atoms with Crippen LogP contribution in [0.1, 0.15) is 0 Å². The Morgan fingerprint density at radius 3 is 2.69 bits per heavy atom. The molecule has 1 aromatic carbocycles. The molecule has 0 amide bonds. The molecular weight excluding hydrogens is 272 g/mol. The van der Waals surface area contributed by atoms with E-state index in [1.807, 2.05) is 12.1 Å². The Bertz CT molecular complexity index is 310. The summed E-state index contributed by atoms with van der Waals surface area (Å²) in [5.74, 6) is 0. The minimum absolute atomic E-state index is 0.564. The van der Waals surface area contributed by atoms with E-state index in [-0.39, 0.29) is 0 Å². The third-order valence-corrected chi connectivity index (χ3v) is 2.33. The van der Waals surface area contributed by atoms with Gasteiger partial charge in [-0.1, -0.05) is 27.5 Å². The Balaban J connectivity index is 2.83. The lowest BCUT2D eigenvalue weighted by molar-refractivity contribution is 1.20. The van der Waals surface area contributed by atoms with Gasteiger partial charge in [-0.2, -0.15) is 0 Å². The van der Waals surface area contributed by atoms with Crippen LogP contribution in [0.15, 0.2) is 22.7 Å². The normalized spacial score (nSPS) is 9.46. The van der Waals surface area contributed by atoms with Crippen LogP contribution in [0.3, 0.4) is 0 Å². The predicted molar refractivity (Wildman–Crippen MR) is 64.4 cm³/mol. The predicted octanol–water partition coefficient (Wildman–Crippen LogP) is 3.02. The van der Waals surface area contributed by atoms with Crippen molar-refractivity contribution in [3.8, 4) is 0 Å². The first kappa shape index (κ1) is 10.8. The molecule has 0 spiro atoms. The molecule has 5 heteroatoms. The van der Waals surface area contributed by atoms with Crippen molar-refractivity contribution < 1.29 is 0 Å². The Kier molecular flexibility index (Phi) is 3.96. The van der Waals surface area contributed by atoms with E-state index in [1.165, 1.54) is 0 Å². The van der Waals surface area contributed by atoms with Gasteiger partial charge in [0.15, 0.2) is 5.11 Å². The van der Waals surface area contributed by atoms with E-state index in [4.69, 9.17) is 23.8 Å². The largest absolute Gasteiger partial charge is 0.366 e. The third-order valence-electron chi connectivity index (χ3n) is 1.35. The number of nitrogens with one attached hydrogen (secondary N) is 2. The zero-order valence-corrected chi connectivity index (χ0v) is 10.1. The molecule has 1 rings (SSSR count). The van der Waals surface area contributed by atoms with Crippen molar-refractivity contribution in [1.29, 1.82) is 0 Å². The molecule has 0 saturated heterocycles. The number of hydrogen-bond acceptors (Lipinski definition) is 1. The Hall–Kier alpha value is -0.320. The molecule has 0 radical (unpaired) electrons. The molecule has 2 N–H and O–H groups in total. The molecule has 0 saturated carbocycles. The van der Waals surface area contributed by atoms with Crippen molar-refractivity contribution >= 4 is 50.5 Å². The fourth-order valence-corrected chi connectivity index (χ4v) is 1.80. The molecule has 0 aliphatic rings. The summed E-state index contributed by atoms with van der Waals surface area (Å²) in [6.45, 7) is 0. The summed E-state index contributed by atoms with van der Waals surface area (Å²) in [6, 6.07) is 5.51. The van der Waals surface area contributed by atoms with Gasteiger partial charge in [0.05, 0.1) is 0 Å². The van der Waals surface area contributed by atoms with E-state index in [1.54, 1.807) is 13.1 Å². The molecule has 0 atom stereocenters. The van der Waals surface area contributed by atoms with Crippen LogP contribution in [0.2, 0.25) is 5.02 Å². The maximum absolute atomic E-state index is 5.84. The van der Waals surface area contributed by atoms with E-state index >= 15 is 0 Å². The maximum Gasteiger partial charge on any atom is 0.170 e. The molecule has 0 unspecified atom stereocenters. The minimum atomic E-state index is 0.564. The van der Waals surface area contributed by atoms with Crippen molar-refractivity contribution in [2.24, 2.45) is 0 Å². The van der Waals surface area contributed by atoms with Gasteiger partial charge in [0.1, 0.15) is 0 Å². The first-order valence-electron chi connectivity index (χ1n) is 3.56. The van der Waals surface area contributed by atoms with Gasteiger partial charge in [0.2, 0.25) is 0 Å². The second kappa shape index (κ2) is 4.79. The van der Waals surface area contributed by atoms with E-state index in [0.29, 0.717) is 10.1 Å². The molecule has 0 aromatic heterocycles. The van der Waals surface area contributed by atoms with Crippen molar-refractivity contribution in [1.82, 2.24) is 5.32 Å². The average molecular weight is 280 g/mol. The lowest BCUT2D eigenvalue weighted by Gasteiger charge is -2.07. The maximum atomic E-state index is 5.84. The molecule has 0 aliphatic heterocycles. The van der Waals surface area contributed by atoms with Crippen LogP contribution < -0.4 is 10.6 Å². The van der Waals surface area contributed by atoms with Gasteiger partial charge in [-0.3, -0.25) is 0 Å². The Labute approximate surface area is 95.8 Å². The summed E-state index contributed by atoms with van der Waals surface area (Å²) >= 11 is 14.1. The van der Waals surface area contributed by atoms with Crippen molar-refractivity contribution in [2.45, 2.75) is 0 Å². The van der Waals surface area contributed by atoms with Crippen LogP contribution in [0.5, 0.6) is 0 Å². The third kappa shape index (κ3) is 3.50. The fourth-order valence-electron chi connectivity index (χ4n) is 0.820. The number of halogens is 2. The van der Waals surface area contributed by atoms with Crippen molar-refractivity contribution in [2.75, 3.05) is 12.4 Å². The van der Waals surface area contributed by atoms with Crippen molar-refractivity contribution in [3.63, 3.8) is 0 Å². The second-order valence-corrected chi connectivity index (χ2v) is 4.12. The highest BCUT2D eigenvalue weighted by Gasteiger charge is 1.98. The van der Waals surface area contributed by atoms with E-state index in [9.17, 15) is 0 Å². The molecule has 1 aromatic rings.